The number of fused-ring (bicyclic) bond motifs is 1. The summed E-state index contributed by atoms with van der Waals surface area (Å²) < 4.78 is 12.2. The second kappa shape index (κ2) is 9.32. The molecule has 6 rings (SSSR count). The van der Waals surface area contributed by atoms with Crippen LogP contribution in [0.2, 0.25) is 10.0 Å². The molecule has 1 N–H and O–H groups in total. The van der Waals surface area contributed by atoms with E-state index in [1.165, 1.54) is 6.07 Å². The molecule has 188 valence electrons. The largest absolute Gasteiger partial charge is 0.477 e. The highest BCUT2D eigenvalue weighted by molar-refractivity contribution is 6.39. The third kappa shape index (κ3) is 4.46. The summed E-state index contributed by atoms with van der Waals surface area (Å²) in [6, 6.07) is 6.93. The summed E-state index contributed by atoms with van der Waals surface area (Å²) in [6.45, 7) is 3.80. The molecule has 2 aromatic heterocycles. The molecule has 3 aromatic rings. The first-order valence-corrected chi connectivity index (χ1v) is 13.0. The molecule has 1 saturated heterocycles. The highest BCUT2D eigenvalue weighted by Gasteiger charge is 2.43. The molecule has 0 amide bonds. The quantitative estimate of drug-likeness (QED) is 0.413. The summed E-state index contributed by atoms with van der Waals surface area (Å²) in [6.07, 6.45) is 4.18. The molecule has 1 aromatic carbocycles. The number of carboxylic acids is 1. The first-order valence-electron chi connectivity index (χ1n) is 12.3. The van der Waals surface area contributed by atoms with Crippen molar-refractivity contribution in [1.29, 1.82) is 0 Å². The molecular formula is C26H26Cl2N4O4. The minimum absolute atomic E-state index is 0.0328. The molecule has 1 aliphatic heterocycles. The number of carboxylic acid groups (broad SMARTS) is 1. The van der Waals surface area contributed by atoms with Crippen LogP contribution in [0.4, 0.5) is 5.95 Å². The van der Waals surface area contributed by atoms with E-state index in [0.717, 1.165) is 50.1 Å². The lowest BCUT2D eigenvalue weighted by molar-refractivity contribution is 0.0402. The summed E-state index contributed by atoms with van der Waals surface area (Å²) in [5.41, 5.74) is 2.99. The maximum absolute atomic E-state index is 11.4. The Hall–Kier alpha value is -2.68. The normalized spacial score (nSPS) is 23.3. The summed E-state index contributed by atoms with van der Waals surface area (Å²) in [5, 5.41) is 14.8. The van der Waals surface area contributed by atoms with E-state index < -0.39 is 5.97 Å². The number of halogens is 2. The average Bonchev–Trinajstić information content (AvgIpc) is 3.30. The topological polar surface area (TPSA) is 102 Å². The number of aromatic nitrogens is 3. The first-order chi connectivity index (χ1) is 17.4. The van der Waals surface area contributed by atoms with Crippen molar-refractivity contribution in [3.8, 4) is 11.3 Å². The Labute approximate surface area is 218 Å². The Kier molecular flexibility index (Phi) is 6.14. The van der Waals surface area contributed by atoms with Crippen molar-refractivity contribution in [2.45, 2.75) is 51.2 Å². The second-order valence-corrected chi connectivity index (χ2v) is 10.9. The predicted octanol–water partition coefficient (Wildman–Crippen LogP) is 5.75. The molecule has 2 aliphatic carbocycles. The Morgan fingerprint density at radius 3 is 2.50 bits per heavy atom. The Morgan fingerprint density at radius 2 is 1.86 bits per heavy atom. The van der Waals surface area contributed by atoms with Crippen LogP contribution < -0.4 is 4.90 Å². The molecule has 0 radical (unpaired) electrons. The summed E-state index contributed by atoms with van der Waals surface area (Å²) in [4.78, 5) is 22.2. The number of nitrogens with zero attached hydrogens (tertiary/aromatic N) is 4. The van der Waals surface area contributed by atoms with Gasteiger partial charge in [0.25, 0.3) is 0 Å². The number of benzene rings is 1. The van der Waals surface area contributed by atoms with Crippen LogP contribution in [0, 0.1) is 18.8 Å². The van der Waals surface area contributed by atoms with Crippen LogP contribution in [-0.4, -0.2) is 45.4 Å². The SMILES string of the molecule is Cc1cc(C(=O)O)nc(N2CC3CC(OCc4c(-c5c(Cl)cccc5Cl)noc4C4CC4)CC3C2)n1. The number of anilines is 1. The van der Waals surface area contributed by atoms with Gasteiger partial charge < -0.3 is 19.3 Å². The zero-order chi connectivity index (χ0) is 25.0. The van der Waals surface area contributed by atoms with E-state index >= 15 is 0 Å². The fraction of sp³-hybridized carbons (Fsp3) is 0.462. The van der Waals surface area contributed by atoms with E-state index in [0.29, 0.717) is 57.3 Å². The van der Waals surface area contributed by atoms with E-state index in [1.807, 2.05) is 6.07 Å². The zero-order valence-corrected chi connectivity index (χ0v) is 21.3. The minimum Gasteiger partial charge on any atom is -0.477 e. The van der Waals surface area contributed by atoms with Crippen LogP contribution in [-0.2, 0) is 11.3 Å². The van der Waals surface area contributed by atoms with Gasteiger partial charge in [0.2, 0.25) is 5.95 Å². The van der Waals surface area contributed by atoms with E-state index in [9.17, 15) is 9.90 Å². The number of carbonyl (C=O) groups is 1. The molecular weight excluding hydrogens is 503 g/mol. The lowest BCUT2D eigenvalue weighted by atomic mass is 10.0. The maximum atomic E-state index is 11.4. The maximum Gasteiger partial charge on any atom is 0.354 e. The van der Waals surface area contributed by atoms with Crippen LogP contribution in [0.5, 0.6) is 0 Å². The molecule has 2 atom stereocenters. The number of hydrogen-bond acceptors (Lipinski definition) is 7. The van der Waals surface area contributed by atoms with Crippen LogP contribution in [0.25, 0.3) is 11.3 Å². The number of rotatable bonds is 7. The summed E-state index contributed by atoms with van der Waals surface area (Å²) >= 11 is 13.0. The third-order valence-electron chi connectivity index (χ3n) is 7.48. The van der Waals surface area contributed by atoms with Gasteiger partial charge in [0, 0.05) is 35.8 Å². The van der Waals surface area contributed by atoms with Crippen LogP contribution in [0.1, 0.15) is 59.1 Å². The van der Waals surface area contributed by atoms with Gasteiger partial charge in [-0.1, -0.05) is 34.4 Å². The van der Waals surface area contributed by atoms with Gasteiger partial charge in [-0.25, -0.2) is 14.8 Å². The van der Waals surface area contributed by atoms with Crippen molar-refractivity contribution in [3.05, 3.63) is 57.0 Å². The standard InChI is InChI=1S/C26H26Cl2N4O4/c1-13-7-21(25(33)34)30-26(29-13)32-10-15-8-17(9-16(15)11-32)35-12-18-23(31-36-24(18)14-5-6-14)22-19(27)3-2-4-20(22)28/h2-4,7,14-17H,5-6,8-12H2,1H3,(H,33,34). The number of ether oxygens (including phenoxy) is 1. The number of aromatic carboxylic acids is 1. The minimum atomic E-state index is -1.04. The Morgan fingerprint density at radius 1 is 1.17 bits per heavy atom. The van der Waals surface area contributed by atoms with Gasteiger partial charge in [-0.15, -0.1) is 0 Å². The predicted molar refractivity (Wildman–Crippen MR) is 135 cm³/mol. The van der Waals surface area contributed by atoms with Crippen molar-refractivity contribution in [2.75, 3.05) is 18.0 Å². The van der Waals surface area contributed by atoms with Gasteiger partial charge in [-0.2, -0.15) is 0 Å². The van der Waals surface area contributed by atoms with Crippen molar-refractivity contribution in [1.82, 2.24) is 15.1 Å². The highest BCUT2D eigenvalue weighted by Crippen LogP contribution is 2.47. The summed E-state index contributed by atoms with van der Waals surface area (Å²) in [5.74, 6) is 1.64. The zero-order valence-electron chi connectivity index (χ0n) is 19.8. The number of hydrogen-bond donors (Lipinski definition) is 1. The molecule has 0 spiro atoms. The Balaban J connectivity index is 1.14. The van der Waals surface area contributed by atoms with Gasteiger partial charge in [0.15, 0.2) is 5.69 Å². The fourth-order valence-corrected chi connectivity index (χ4v) is 6.17. The van der Waals surface area contributed by atoms with E-state index in [2.05, 4.69) is 20.0 Å². The molecule has 10 heteroatoms. The van der Waals surface area contributed by atoms with Crippen molar-refractivity contribution < 1.29 is 19.2 Å². The molecule has 8 nitrogen and oxygen atoms in total. The molecule has 3 heterocycles. The monoisotopic (exact) mass is 528 g/mol. The second-order valence-electron chi connectivity index (χ2n) is 10.1. The molecule has 0 bridgehead atoms. The third-order valence-corrected chi connectivity index (χ3v) is 8.11. The lowest BCUT2D eigenvalue weighted by Crippen LogP contribution is -2.26. The number of aryl methyl sites for hydroxylation is 1. The van der Waals surface area contributed by atoms with Crippen molar-refractivity contribution >= 4 is 35.1 Å². The highest BCUT2D eigenvalue weighted by atomic mass is 35.5. The smallest absolute Gasteiger partial charge is 0.354 e. The fourth-order valence-electron chi connectivity index (χ4n) is 5.60. The molecule has 36 heavy (non-hydrogen) atoms. The average molecular weight is 529 g/mol. The van der Waals surface area contributed by atoms with E-state index in [1.54, 1.807) is 19.1 Å². The van der Waals surface area contributed by atoms with Gasteiger partial charge in [0.05, 0.1) is 22.8 Å². The molecule has 2 saturated carbocycles. The molecule has 3 aliphatic rings. The van der Waals surface area contributed by atoms with Crippen LogP contribution in [0.3, 0.4) is 0 Å². The van der Waals surface area contributed by atoms with Crippen molar-refractivity contribution in [2.24, 2.45) is 11.8 Å². The van der Waals surface area contributed by atoms with Crippen LogP contribution in [0.15, 0.2) is 28.8 Å². The van der Waals surface area contributed by atoms with Gasteiger partial charge in [-0.3, -0.25) is 0 Å². The lowest BCUT2D eigenvalue weighted by Gasteiger charge is -2.20. The van der Waals surface area contributed by atoms with E-state index in [-0.39, 0.29) is 11.8 Å². The molecule has 3 fully saturated rings. The Bertz CT molecular complexity index is 1290. The van der Waals surface area contributed by atoms with Gasteiger partial charge in [-0.05, 0) is 62.6 Å². The van der Waals surface area contributed by atoms with Gasteiger partial charge in [0.1, 0.15) is 11.5 Å². The van der Waals surface area contributed by atoms with Gasteiger partial charge >= 0.3 is 5.97 Å². The first kappa shape index (κ1) is 23.7. The van der Waals surface area contributed by atoms with Crippen LogP contribution >= 0.6 is 23.2 Å². The molecule has 2 unspecified atom stereocenters. The van der Waals surface area contributed by atoms with Crippen molar-refractivity contribution in [3.63, 3.8) is 0 Å². The summed E-state index contributed by atoms with van der Waals surface area (Å²) in [7, 11) is 0. The van der Waals surface area contributed by atoms with E-state index in [4.69, 9.17) is 32.5 Å².